The third-order valence-electron chi connectivity index (χ3n) is 3.42. The van der Waals surface area contributed by atoms with Crippen LogP contribution in [-0.2, 0) is 13.0 Å². The summed E-state index contributed by atoms with van der Waals surface area (Å²) in [6, 6.07) is 13.5. The number of aromatic nitrogens is 2. The van der Waals surface area contributed by atoms with Crippen molar-refractivity contribution in [1.29, 1.82) is 0 Å². The normalized spacial score (nSPS) is 10.8. The predicted octanol–water partition coefficient (Wildman–Crippen LogP) is 3.11. The fourth-order valence-electron chi connectivity index (χ4n) is 2.36. The molecular formula is C17H17N3O2. The van der Waals surface area contributed by atoms with E-state index in [9.17, 15) is 4.79 Å². The Morgan fingerprint density at radius 1 is 1.18 bits per heavy atom. The summed E-state index contributed by atoms with van der Waals surface area (Å²) in [7, 11) is 0. The van der Waals surface area contributed by atoms with Crippen LogP contribution in [0.4, 0.5) is 0 Å². The van der Waals surface area contributed by atoms with Crippen molar-refractivity contribution in [3.05, 3.63) is 59.7 Å². The van der Waals surface area contributed by atoms with E-state index in [0.29, 0.717) is 17.3 Å². The lowest BCUT2D eigenvalue weighted by Gasteiger charge is -2.06. The third-order valence-corrected chi connectivity index (χ3v) is 3.42. The van der Waals surface area contributed by atoms with E-state index in [1.807, 2.05) is 49.4 Å². The van der Waals surface area contributed by atoms with Gasteiger partial charge in [-0.15, -0.1) is 0 Å². The lowest BCUT2D eigenvalue weighted by molar-refractivity contribution is 0.0951. The molecule has 0 saturated heterocycles. The van der Waals surface area contributed by atoms with Gasteiger partial charge in [-0.25, -0.2) is 0 Å². The molecule has 2 aromatic carbocycles. The number of hydrogen-bond donors (Lipinski definition) is 1. The maximum atomic E-state index is 12.4. The van der Waals surface area contributed by atoms with Gasteiger partial charge in [-0.1, -0.05) is 48.5 Å². The van der Waals surface area contributed by atoms with Crippen molar-refractivity contribution in [2.24, 2.45) is 0 Å². The largest absolute Gasteiger partial charge is 0.345 e. The molecular weight excluding hydrogens is 278 g/mol. The van der Waals surface area contributed by atoms with Crippen LogP contribution < -0.4 is 5.32 Å². The molecule has 0 unspecified atom stereocenters. The molecule has 3 rings (SSSR count). The highest BCUT2D eigenvalue weighted by Gasteiger charge is 2.11. The Hall–Kier alpha value is -2.69. The first-order valence-electron chi connectivity index (χ1n) is 7.35. The van der Waals surface area contributed by atoms with E-state index in [2.05, 4.69) is 15.5 Å². The molecule has 1 amide bonds. The zero-order chi connectivity index (χ0) is 15.4. The molecule has 5 heteroatoms. The summed E-state index contributed by atoms with van der Waals surface area (Å²) in [5.74, 6) is 0.965. The molecule has 5 nitrogen and oxygen atoms in total. The summed E-state index contributed by atoms with van der Waals surface area (Å²) in [5, 5.41) is 8.68. The van der Waals surface area contributed by atoms with Gasteiger partial charge in [-0.3, -0.25) is 4.79 Å². The summed E-state index contributed by atoms with van der Waals surface area (Å²) in [4.78, 5) is 16.6. The van der Waals surface area contributed by atoms with Crippen LogP contribution in [0.2, 0.25) is 0 Å². The van der Waals surface area contributed by atoms with Crippen LogP contribution in [0.5, 0.6) is 0 Å². The van der Waals surface area contributed by atoms with Gasteiger partial charge in [0.25, 0.3) is 5.91 Å². The summed E-state index contributed by atoms with van der Waals surface area (Å²) in [5.41, 5.74) is 0.648. The first-order chi connectivity index (χ1) is 10.8. The second-order valence-corrected chi connectivity index (χ2v) is 5.06. The Balaban J connectivity index is 1.73. The van der Waals surface area contributed by atoms with Crippen LogP contribution in [-0.4, -0.2) is 16.0 Å². The minimum absolute atomic E-state index is 0.140. The highest BCUT2D eigenvalue weighted by Crippen LogP contribution is 2.18. The molecule has 22 heavy (non-hydrogen) atoms. The van der Waals surface area contributed by atoms with E-state index in [1.165, 1.54) is 0 Å². The topological polar surface area (TPSA) is 68.0 Å². The first kappa shape index (κ1) is 14.3. The molecule has 0 aliphatic rings. The number of amides is 1. The molecule has 0 saturated carbocycles. The van der Waals surface area contributed by atoms with Gasteiger partial charge >= 0.3 is 0 Å². The van der Waals surface area contributed by atoms with Crippen LogP contribution in [0.25, 0.3) is 10.8 Å². The van der Waals surface area contributed by atoms with Gasteiger partial charge < -0.3 is 9.84 Å². The van der Waals surface area contributed by atoms with Gasteiger partial charge in [0.15, 0.2) is 5.82 Å². The van der Waals surface area contributed by atoms with Crippen LogP contribution in [0, 0.1) is 0 Å². The fourth-order valence-corrected chi connectivity index (χ4v) is 2.36. The highest BCUT2D eigenvalue weighted by molar-refractivity contribution is 6.06. The van der Waals surface area contributed by atoms with Gasteiger partial charge in [0, 0.05) is 12.0 Å². The minimum atomic E-state index is -0.140. The summed E-state index contributed by atoms with van der Waals surface area (Å²) < 4.78 is 5.10. The monoisotopic (exact) mass is 295 g/mol. The molecule has 1 aromatic heterocycles. The van der Waals surface area contributed by atoms with Crippen molar-refractivity contribution < 1.29 is 9.32 Å². The highest BCUT2D eigenvalue weighted by atomic mass is 16.5. The van der Waals surface area contributed by atoms with Gasteiger partial charge in [0.2, 0.25) is 5.89 Å². The molecule has 0 spiro atoms. The first-order valence-corrected chi connectivity index (χ1v) is 7.35. The van der Waals surface area contributed by atoms with E-state index in [0.717, 1.165) is 23.6 Å². The Bertz CT molecular complexity index is 790. The summed E-state index contributed by atoms with van der Waals surface area (Å²) in [6.07, 6.45) is 1.70. The van der Waals surface area contributed by atoms with Gasteiger partial charge in [0.1, 0.15) is 0 Å². The number of nitrogens with one attached hydrogen (secondary N) is 1. The number of aryl methyl sites for hydroxylation is 1. The number of benzene rings is 2. The molecule has 1 N–H and O–H groups in total. The maximum absolute atomic E-state index is 12.4. The van der Waals surface area contributed by atoms with Gasteiger partial charge in [-0.05, 0) is 23.3 Å². The zero-order valence-electron chi connectivity index (χ0n) is 12.4. The lowest BCUT2D eigenvalue weighted by Crippen LogP contribution is -2.23. The van der Waals surface area contributed by atoms with Crippen LogP contribution in [0.15, 0.2) is 47.0 Å². The fraction of sp³-hybridized carbons (Fsp3) is 0.235. The van der Waals surface area contributed by atoms with Gasteiger partial charge in [-0.2, -0.15) is 4.98 Å². The van der Waals surface area contributed by atoms with E-state index in [-0.39, 0.29) is 12.5 Å². The van der Waals surface area contributed by atoms with E-state index >= 15 is 0 Å². The molecule has 1 heterocycles. The van der Waals surface area contributed by atoms with Crippen molar-refractivity contribution in [3.8, 4) is 0 Å². The molecule has 0 bridgehead atoms. The van der Waals surface area contributed by atoms with E-state index in [4.69, 9.17) is 4.52 Å². The number of fused-ring (bicyclic) bond motifs is 1. The Labute approximate surface area is 128 Å². The van der Waals surface area contributed by atoms with Crippen molar-refractivity contribution >= 4 is 16.7 Å². The lowest BCUT2D eigenvalue weighted by atomic mass is 10.0. The predicted molar refractivity (Wildman–Crippen MR) is 83.4 cm³/mol. The number of rotatable bonds is 5. The summed E-state index contributed by atoms with van der Waals surface area (Å²) in [6.45, 7) is 2.31. The minimum Gasteiger partial charge on any atom is -0.345 e. The van der Waals surface area contributed by atoms with Crippen molar-refractivity contribution in [1.82, 2.24) is 15.5 Å². The molecule has 112 valence electrons. The second kappa shape index (κ2) is 6.39. The van der Waals surface area contributed by atoms with Crippen molar-refractivity contribution in [2.45, 2.75) is 26.3 Å². The average Bonchev–Trinajstić information content (AvgIpc) is 3.00. The smallest absolute Gasteiger partial charge is 0.252 e. The quantitative estimate of drug-likeness (QED) is 0.785. The molecule has 0 aliphatic heterocycles. The molecule has 0 atom stereocenters. The Kier molecular flexibility index (Phi) is 4.14. The number of carbonyl (C=O) groups excluding carboxylic acids is 1. The average molecular weight is 295 g/mol. The standard InChI is InChI=1S/C17H17N3O2/c1-2-6-16-19-15(20-22-16)11-18-17(21)14-10-5-8-12-7-3-4-9-13(12)14/h3-5,7-10H,2,6,11H2,1H3,(H,18,21). The van der Waals surface area contributed by atoms with E-state index in [1.54, 1.807) is 0 Å². The van der Waals surface area contributed by atoms with Crippen molar-refractivity contribution in [2.75, 3.05) is 0 Å². The molecule has 3 aromatic rings. The third kappa shape index (κ3) is 2.98. The SMILES string of the molecule is CCCc1nc(CNC(=O)c2cccc3ccccc23)no1. The molecule has 0 radical (unpaired) electrons. The number of nitrogens with zero attached hydrogens (tertiary/aromatic N) is 2. The van der Waals surface area contributed by atoms with Crippen LogP contribution in [0.1, 0.15) is 35.4 Å². The van der Waals surface area contributed by atoms with Crippen LogP contribution in [0.3, 0.4) is 0 Å². The van der Waals surface area contributed by atoms with Crippen LogP contribution >= 0.6 is 0 Å². The Morgan fingerprint density at radius 3 is 2.86 bits per heavy atom. The molecule has 0 fully saturated rings. The maximum Gasteiger partial charge on any atom is 0.252 e. The second-order valence-electron chi connectivity index (χ2n) is 5.06. The number of hydrogen-bond acceptors (Lipinski definition) is 4. The molecule has 0 aliphatic carbocycles. The number of carbonyl (C=O) groups is 1. The van der Waals surface area contributed by atoms with E-state index < -0.39 is 0 Å². The summed E-state index contributed by atoms with van der Waals surface area (Å²) >= 11 is 0. The van der Waals surface area contributed by atoms with Gasteiger partial charge in [0.05, 0.1) is 6.54 Å². The Morgan fingerprint density at radius 2 is 2.00 bits per heavy atom. The van der Waals surface area contributed by atoms with Crippen molar-refractivity contribution in [3.63, 3.8) is 0 Å². The zero-order valence-corrected chi connectivity index (χ0v) is 12.4.